The molecule has 0 unspecified atom stereocenters. The molecule has 0 aromatic heterocycles. The second-order valence-corrected chi connectivity index (χ2v) is 5.54. The number of methoxy groups -OCH3 is 2. The molecule has 136 valence electrons. The van der Waals surface area contributed by atoms with Crippen LogP contribution >= 0.6 is 0 Å². The van der Waals surface area contributed by atoms with E-state index >= 15 is 0 Å². The fraction of sp³-hybridized carbons (Fsp3) is 0.500. The van der Waals surface area contributed by atoms with Crippen molar-refractivity contribution in [3.8, 4) is 11.5 Å². The lowest BCUT2D eigenvalue weighted by molar-refractivity contribution is -0.163. The molecule has 1 aromatic carbocycles. The van der Waals surface area contributed by atoms with Crippen LogP contribution in [-0.4, -0.2) is 50.6 Å². The maximum Gasteiger partial charge on any atom is 0.346 e. The van der Waals surface area contributed by atoms with Gasteiger partial charge in [-0.15, -0.1) is 0 Å². The van der Waals surface area contributed by atoms with Crippen molar-refractivity contribution >= 4 is 17.7 Å². The standard InChI is InChI=1S/C18H23NO6/c1-6-24-16(20)18(17(21)25-7-2)10-12-8-14(22-4)15(23-5)9-13(12)11(3)19-18/h8-9H,6-7,10H2,1-5H3. The summed E-state index contributed by atoms with van der Waals surface area (Å²) in [5, 5.41) is 0. The number of fused-ring (bicyclic) bond motifs is 1. The first-order valence-corrected chi connectivity index (χ1v) is 8.09. The van der Waals surface area contributed by atoms with Crippen LogP contribution in [0.15, 0.2) is 17.1 Å². The number of aliphatic imine (C=N–C) groups is 1. The van der Waals surface area contributed by atoms with Gasteiger partial charge in [0.2, 0.25) is 0 Å². The largest absolute Gasteiger partial charge is 0.493 e. The van der Waals surface area contributed by atoms with Crippen molar-refractivity contribution < 1.29 is 28.5 Å². The molecule has 0 saturated heterocycles. The van der Waals surface area contributed by atoms with Crippen LogP contribution in [0.1, 0.15) is 31.9 Å². The maximum atomic E-state index is 12.6. The molecule has 0 atom stereocenters. The van der Waals surface area contributed by atoms with Gasteiger partial charge in [-0.25, -0.2) is 9.59 Å². The van der Waals surface area contributed by atoms with Crippen molar-refractivity contribution in [1.82, 2.24) is 0 Å². The Balaban J connectivity index is 2.60. The number of hydrogen-bond acceptors (Lipinski definition) is 7. The van der Waals surface area contributed by atoms with Crippen LogP contribution in [0.5, 0.6) is 11.5 Å². The van der Waals surface area contributed by atoms with Gasteiger partial charge in [0.15, 0.2) is 11.5 Å². The maximum absolute atomic E-state index is 12.6. The van der Waals surface area contributed by atoms with E-state index < -0.39 is 17.5 Å². The Bertz CT molecular complexity index is 692. The molecule has 2 rings (SSSR count). The fourth-order valence-electron chi connectivity index (χ4n) is 2.89. The Morgan fingerprint density at radius 2 is 1.56 bits per heavy atom. The van der Waals surface area contributed by atoms with E-state index in [0.29, 0.717) is 17.2 Å². The highest BCUT2D eigenvalue weighted by Crippen LogP contribution is 2.37. The van der Waals surface area contributed by atoms with Crippen LogP contribution in [0.25, 0.3) is 0 Å². The van der Waals surface area contributed by atoms with Gasteiger partial charge in [0.05, 0.1) is 27.4 Å². The summed E-state index contributed by atoms with van der Waals surface area (Å²) >= 11 is 0. The van der Waals surface area contributed by atoms with Crippen molar-refractivity contribution in [2.24, 2.45) is 4.99 Å². The predicted octanol–water partition coefficient (Wildman–Crippen LogP) is 1.93. The lowest BCUT2D eigenvalue weighted by Crippen LogP contribution is -2.51. The third-order valence-corrected chi connectivity index (χ3v) is 4.03. The Kier molecular flexibility index (Phi) is 5.66. The molecular formula is C18H23NO6. The van der Waals surface area contributed by atoms with Gasteiger partial charge in [-0.3, -0.25) is 4.99 Å². The SMILES string of the molecule is CCOC(=O)C1(C(=O)OCC)Cc2cc(OC)c(OC)cc2C(C)=N1. The summed E-state index contributed by atoms with van der Waals surface area (Å²) in [5.41, 5.74) is 0.333. The number of nitrogens with zero attached hydrogens (tertiary/aromatic N) is 1. The highest BCUT2D eigenvalue weighted by atomic mass is 16.6. The molecule has 0 radical (unpaired) electrons. The average Bonchev–Trinajstić information content (AvgIpc) is 2.60. The molecule has 0 bridgehead atoms. The third kappa shape index (κ3) is 3.31. The van der Waals surface area contributed by atoms with E-state index in [4.69, 9.17) is 18.9 Å². The lowest BCUT2D eigenvalue weighted by Gasteiger charge is -2.31. The van der Waals surface area contributed by atoms with E-state index in [9.17, 15) is 9.59 Å². The molecule has 1 aromatic rings. The zero-order valence-corrected chi connectivity index (χ0v) is 15.2. The second-order valence-electron chi connectivity index (χ2n) is 5.54. The van der Waals surface area contributed by atoms with Crippen molar-refractivity contribution in [3.63, 3.8) is 0 Å². The summed E-state index contributed by atoms with van der Waals surface area (Å²) in [4.78, 5) is 29.6. The van der Waals surface area contributed by atoms with Gasteiger partial charge in [0.25, 0.3) is 5.54 Å². The minimum Gasteiger partial charge on any atom is -0.493 e. The molecular weight excluding hydrogens is 326 g/mol. The van der Waals surface area contributed by atoms with E-state index in [1.165, 1.54) is 7.11 Å². The van der Waals surface area contributed by atoms with E-state index in [0.717, 1.165) is 11.1 Å². The van der Waals surface area contributed by atoms with Crippen molar-refractivity contribution in [2.45, 2.75) is 32.7 Å². The summed E-state index contributed by atoms with van der Waals surface area (Å²) in [6, 6.07) is 3.53. The smallest absolute Gasteiger partial charge is 0.346 e. The van der Waals surface area contributed by atoms with Crippen LogP contribution in [0.4, 0.5) is 0 Å². The number of carbonyl (C=O) groups excluding carboxylic acids is 2. The summed E-state index contributed by atoms with van der Waals surface area (Å²) in [6.45, 7) is 5.38. The van der Waals surface area contributed by atoms with Crippen LogP contribution in [0, 0.1) is 0 Å². The predicted molar refractivity (Wildman–Crippen MR) is 91.5 cm³/mol. The third-order valence-electron chi connectivity index (χ3n) is 4.03. The monoisotopic (exact) mass is 349 g/mol. The Labute approximate surface area is 146 Å². The number of carbonyl (C=O) groups is 2. The number of hydrogen-bond donors (Lipinski definition) is 0. The molecule has 0 N–H and O–H groups in total. The minimum atomic E-state index is -1.73. The average molecular weight is 349 g/mol. The van der Waals surface area contributed by atoms with E-state index in [-0.39, 0.29) is 19.6 Å². The molecule has 1 aliphatic heterocycles. The van der Waals surface area contributed by atoms with Crippen LogP contribution < -0.4 is 9.47 Å². The highest BCUT2D eigenvalue weighted by molar-refractivity contribution is 6.12. The molecule has 1 aliphatic rings. The second kappa shape index (κ2) is 7.55. The van der Waals surface area contributed by atoms with Gasteiger partial charge in [0, 0.05) is 17.7 Å². The summed E-state index contributed by atoms with van der Waals surface area (Å²) in [5.74, 6) is -0.366. The van der Waals surface area contributed by atoms with Crippen molar-refractivity contribution in [2.75, 3.05) is 27.4 Å². The van der Waals surface area contributed by atoms with Crippen LogP contribution in [0.3, 0.4) is 0 Å². The molecule has 7 heteroatoms. The molecule has 1 heterocycles. The van der Waals surface area contributed by atoms with E-state index in [2.05, 4.69) is 4.99 Å². The fourth-order valence-corrected chi connectivity index (χ4v) is 2.89. The first-order chi connectivity index (χ1) is 11.9. The molecule has 0 amide bonds. The van der Waals surface area contributed by atoms with Gasteiger partial charge in [-0.05, 0) is 38.5 Å². The zero-order chi connectivity index (χ0) is 18.6. The summed E-state index contributed by atoms with van der Waals surface area (Å²) in [6.07, 6.45) is 0.0394. The quantitative estimate of drug-likeness (QED) is 0.576. The van der Waals surface area contributed by atoms with Gasteiger partial charge < -0.3 is 18.9 Å². The molecule has 25 heavy (non-hydrogen) atoms. The number of benzene rings is 1. The summed E-state index contributed by atoms with van der Waals surface area (Å²) < 4.78 is 20.9. The molecule has 0 fully saturated rings. The van der Waals surface area contributed by atoms with Gasteiger partial charge >= 0.3 is 11.9 Å². The number of esters is 2. The molecule has 0 aliphatic carbocycles. The zero-order valence-electron chi connectivity index (χ0n) is 15.2. The topological polar surface area (TPSA) is 83.4 Å². The normalized spacial score (nSPS) is 14.8. The van der Waals surface area contributed by atoms with Gasteiger partial charge in [-0.1, -0.05) is 0 Å². The number of rotatable bonds is 6. The van der Waals surface area contributed by atoms with Crippen molar-refractivity contribution in [3.05, 3.63) is 23.3 Å². The van der Waals surface area contributed by atoms with Crippen molar-refractivity contribution in [1.29, 1.82) is 0 Å². The molecule has 7 nitrogen and oxygen atoms in total. The molecule has 0 saturated carbocycles. The van der Waals surface area contributed by atoms with Gasteiger partial charge in [0.1, 0.15) is 0 Å². The van der Waals surface area contributed by atoms with Gasteiger partial charge in [-0.2, -0.15) is 0 Å². The minimum absolute atomic E-state index is 0.0394. The first kappa shape index (κ1) is 18.8. The first-order valence-electron chi connectivity index (χ1n) is 8.09. The highest BCUT2D eigenvalue weighted by Gasteiger charge is 2.51. The Morgan fingerprint density at radius 3 is 2.04 bits per heavy atom. The lowest BCUT2D eigenvalue weighted by atomic mass is 9.84. The Hall–Kier alpha value is -2.57. The Morgan fingerprint density at radius 1 is 1.04 bits per heavy atom. The van der Waals surface area contributed by atoms with E-state index in [1.54, 1.807) is 40.0 Å². The van der Waals surface area contributed by atoms with E-state index in [1.807, 2.05) is 0 Å². The van der Waals surface area contributed by atoms with Crippen LogP contribution in [-0.2, 0) is 25.5 Å². The summed E-state index contributed by atoms with van der Waals surface area (Å²) in [7, 11) is 3.07. The number of ether oxygens (including phenoxy) is 4. The van der Waals surface area contributed by atoms with Crippen LogP contribution in [0.2, 0.25) is 0 Å². The molecule has 0 spiro atoms.